The van der Waals surface area contributed by atoms with E-state index in [9.17, 15) is 0 Å². The highest BCUT2D eigenvalue weighted by Gasteiger charge is 2.29. The first-order valence-electron chi connectivity index (χ1n) is 4.35. The highest BCUT2D eigenvalue weighted by molar-refractivity contribution is 4.79. The fourth-order valence-corrected chi connectivity index (χ4v) is 0.927. The molecular weight excluding hydrogens is 172 g/mol. The average Bonchev–Trinajstić information content (AvgIpc) is 2.12. The van der Waals surface area contributed by atoms with Gasteiger partial charge in [0.25, 0.3) is 0 Å². The van der Waals surface area contributed by atoms with Crippen LogP contribution in [0, 0.1) is 0 Å². The van der Waals surface area contributed by atoms with Gasteiger partial charge in [0.05, 0.1) is 25.4 Å². The molecular formula is C9H20O4. The van der Waals surface area contributed by atoms with Gasteiger partial charge < -0.3 is 19.3 Å². The maximum absolute atomic E-state index is 8.62. The van der Waals surface area contributed by atoms with Gasteiger partial charge in [-0.15, -0.1) is 0 Å². The Kier molecular flexibility index (Phi) is 6.24. The van der Waals surface area contributed by atoms with Crippen molar-refractivity contribution in [1.82, 2.24) is 0 Å². The van der Waals surface area contributed by atoms with Gasteiger partial charge in [0, 0.05) is 14.2 Å². The van der Waals surface area contributed by atoms with Crippen molar-refractivity contribution in [2.45, 2.75) is 25.6 Å². The van der Waals surface area contributed by atoms with Gasteiger partial charge >= 0.3 is 0 Å². The van der Waals surface area contributed by atoms with E-state index in [1.165, 1.54) is 0 Å². The molecule has 1 unspecified atom stereocenters. The first-order valence-corrected chi connectivity index (χ1v) is 4.35. The Bertz CT molecular complexity index is 125. The minimum atomic E-state index is -0.398. The molecule has 0 bridgehead atoms. The second kappa shape index (κ2) is 6.32. The van der Waals surface area contributed by atoms with Crippen molar-refractivity contribution in [3.05, 3.63) is 0 Å². The van der Waals surface area contributed by atoms with Crippen LogP contribution in [-0.4, -0.2) is 50.9 Å². The number of methoxy groups -OCH3 is 2. The van der Waals surface area contributed by atoms with Crippen molar-refractivity contribution >= 4 is 0 Å². The van der Waals surface area contributed by atoms with E-state index >= 15 is 0 Å². The second-order valence-electron chi connectivity index (χ2n) is 3.35. The van der Waals surface area contributed by atoms with Crippen molar-refractivity contribution in [2.24, 2.45) is 0 Å². The minimum absolute atomic E-state index is 0.0139. The Morgan fingerprint density at radius 1 is 1.31 bits per heavy atom. The third-order valence-electron chi connectivity index (χ3n) is 2.03. The van der Waals surface area contributed by atoms with Gasteiger partial charge in [0.15, 0.2) is 0 Å². The Hall–Kier alpha value is -0.160. The first kappa shape index (κ1) is 12.8. The molecule has 13 heavy (non-hydrogen) atoms. The Morgan fingerprint density at radius 3 is 2.31 bits per heavy atom. The van der Waals surface area contributed by atoms with Crippen LogP contribution in [0.3, 0.4) is 0 Å². The van der Waals surface area contributed by atoms with E-state index in [1.807, 2.05) is 13.8 Å². The molecule has 0 amide bonds. The summed E-state index contributed by atoms with van der Waals surface area (Å²) in [5.74, 6) is 0. The van der Waals surface area contributed by atoms with Crippen molar-refractivity contribution in [1.29, 1.82) is 0 Å². The van der Waals surface area contributed by atoms with Crippen molar-refractivity contribution < 1.29 is 19.3 Å². The SMILES string of the molecule is COCC(OCCO)C(C)(C)OC. The molecule has 0 heterocycles. The maximum Gasteiger partial charge on any atom is 0.109 e. The third kappa shape index (κ3) is 4.57. The van der Waals surface area contributed by atoms with E-state index in [-0.39, 0.29) is 12.7 Å². The number of hydrogen-bond donors (Lipinski definition) is 1. The fraction of sp³-hybridized carbons (Fsp3) is 1.00. The van der Waals surface area contributed by atoms with Gasteiger partial charge in [-0.1, -0.05) is 0 Å². The van der Waals surface area contributed by atoms with Crippen molar-refractivity contribution in [3.63, 3.8) is 0 Å². The highest BCUT2D eigenvalue weighted by Crippen LogP contribution is 2.17. The summed E-state index contributed by atoms with van der Waals surface area (Å²) in [4.78, 5) is 0. The highest BCUT2D eigenvalue weighted by atomic mass is 16.6. The van der Waals surface area contributed by atoms with Gasteiger partial charge in [-0.05, 0) is 13.8 Å². The van der Waals surface area contributed by atoms with E-state index < -0.39 is 5.60 Å². The molecule has 0 rings (SSSR count). The van der Waals surface area contributed by atoms with E-state index in [4.69, 9.17) is 19.3 Å². The van der Waals surface area contributed by atoms with E-state index in [0.29, 0.717) is 13.2 Å². The summed E-state index contributed by atoms with van der Waals surface area (Å²) in [5.41, 5.74) is -0.398. The number of hydrogen-bond acceptors (Lipinski definition) is 4. The predicted octanol–water partition coefficient (Wildman–Crippen LogP) is 0.435. The molecule has 1 N–H and O–H groups in total. The zero-order valence-electron chi connectivity index (χ0n) is 8.87. The molecule has 0 aromatic heterocycles. The number of aliphatic hydroxyl groups excluding tert-OH is 1. The molecule has 0 radical (unpaired) electrons. The standard InChI is InChI=1S/C9H20O4/c1-9(2,12-4)8(7-11-3)13-6-5-10/h8,10H,5-7H2,1-4H3. The number of ether oxygens (including phenoxy) is 3. The topological polar surface area (TPSA) is 47.9 Å². The summed E-state index contributed by atoms with van der Waals surface area (Å²) in [6, 6.07) is 0. The molecule has 0 aromatic carbocycles. The molecule has 0 saturated heterocycles. The van der Waals surface area contributed by atoms with Gasteiger partial charge in [-0.25, -0.2) is 0 Å². The largest absolute Gasteiger partial charge is 0.394 e. The van der Waals surface area contributed by atoms with Gasteiger partial charge in [-0.3, -0.25) is 0 Å². The van der Waals surface area contributed by atoms with Crippen LogP contribution in [0.25, 0.3) is 0 Å². The van der Waals surface area contributed by atoms with Gasteiger partial charge in [0.1, 0.15) is 6.10 Å². The molecule has 0 saturated carbocycles. The van der Waals surface area contributed by atoms with Crippen molar-refractivity contribution in [3.8, 4) is 0 Å². The molecule has 0 aromatic rings. The van der Waals surface area contributed by atoms with Crippen LogP contribution in [0.15, 0.2) is 0 Å². The van der Waals surface area contributed by atoms with E-state index in [0.717, 1.165) is 0 Å². The Labute approximate surface area is 79.8 Å². The van der Waals surface area contributed by atoms with Gasteiger partial charge in [0.2, 0.25) is 0 Å². The summed E-state index contributed by atoms with van der Waals surface area (Å²) >= 11 is 0. The lowest BCUT2D eigenvalue weighted by Crippen LogP contribution is -2.43. The maximum atomic E-state index is 8.62. The zero-order valence-corrected chi connectivity index (χ0v) is 8.87. The fourth-order valence-electron chi connectivity index (χ4n) is 0.927. The summed E-state index contributed by atoms with van der Waals surface area (Å²) in [6.07, 6.45) is -0.158. The smallest absolute Gasteiger partial charge is 0.109 e. The Morgan fingerprint density at radius 2 is 1.92 bits per heavy atom. The summed E-state index contributed by atoms with van der Waals surface area (Å²) in [7, 11) is 3.24. The van der Waals surface area contributed by atoms with Crippen molar-refractivity contribution in [2.75, 3.05) is 34.0 Å². The molecule has 0 fully saturated rings. The quantitative estimate of drug-likeness (QED) is 0.635. The molecule has 1 atom stereocenters. The van der Waals surface area contributed by atoms with E-state index in [1.54, 1.807) is 14.2 Å². The summed E-state index contributed by atoms with van der Waals surface area (Å²) in [5, 5.41) is 8.62. The van der Waals surface area contributed by atoms with Crippen LogP contribution in [0.4, 0.5) is 0 Å². The summed E-state index contributed by atoms with van der Waals surface area (Å²) in [6.45, 7) is 4.63. The average molecular weight is 192 g/mol. The van der Waals surface area contributed by atoms with Crippen LogP contribution in [0.1, 0.15) is 13.8 Å². The molecule has 0 spiro atoms. The molecule has 4 heteroatoms. The first-order chi connectivity index (χ1) is 6.08. The third-order valence-corrected chi connectivity index (χ3v) is 2.03. The molecule has 0 aliphatic carbocycles. The van der Waals surface area contributed by atoms with E-state index in [2.05, 4.69) is 0 Å². The predicted molar refractivity (Wildman–Crippen MR) is 49.8 cm³/mol. The lowest BCUT2D eigenvalue weighted by molar-refractivity contribution is -0.135. The number of aliphatic hydroxyl groups is 1. The minimum Gasteiger partial charge on any atom is -0.394 e. The molecule has 4 nitrogen and oxygen atoms in total. The van der Waals surface area contributed by atoms with Crippen LogP contribution >= 0.6 is 0 Å². The normalized spacial score (nSPS) is 14.5. The van der Waals surface area contributed by atoms with Crippen LogP contribution in [0.2, 0.25) is 0 Å². The monoisotopic (exact) mass is 192 g/mol. The zero-order chi connectivity index (χ0) is 10.3. The molecule has 0 aliphatic heterocycles. The summed E-state index contributed by atoms with van der Waals surface area (Å²) < 4.78 is 15.7. The number of rotatable bonds is 7. The molecule has 0 aliphatic rings. The lowest BCUT2D eigenvalue weighted by Gasteiger charge is -2.32. The lowest BCUT2D eigenvalue weighted by atomic mass is 10.0. The van der Waals surface area contributed by atoms with Gasteiger partial charge in [-0.2, -0.15) is 0 Å². The van der Waals surface area contributed by atoms with Crippen LogP contribution in [0.5, 0.6) is 0 Å². The Balaban J connectivity index is 4.05. The molecule has 80 valence electrons. The van der Waals surface area contributed by atoms with Crippen LogP contribution < -0.4 is 0 Å². The van der Waals surface area contributed by atoms with Crippen LogP contribution in [-0.2, 0) is 14.2 Å². The second-order valence-corrected chi connectivity index (χ2v) is 3.35.